The van der Waals surface area contributed by atoms with Gasteiger partial charge in [-0.2, -0.15) is 0 Å². The van der Waals surface area contributed by atoms with Crippen molar-refractivity contribution in [1.29, 1.82) is 0 Å². The fourth-order valence-corrected chi connectivity index (χ4v) is 3.19. The van der Waals surface area contributed by atoms with E-state index in [0.29, 0.717) is 6.04 Å². The van der Waals surface area contributed by atoms with Gasteiger partial charge >= 0.3 is 0 Å². The minimum Gasteiger partial charge on any atom is -0.310 e. The smallest absolute Gasteiger partial charge is 0.0302 e. The first-order valence-corrected chi connectivity index (χ1v) is 7.45. The van der Waals surface area contributed by atoms with Crippen LogP contribution in [-0.2, 0) is 0 Å². The molecule has 0 bridgehead atoms. The maximum absolute atomic E-state index is 4.18. The normalized spacial score (nSPS) is 27.1. The molecule has 1 nitrogen and oxygen atoms in total. The number of rotatable bonds is 6. The van der Waals surface area contributed by atoms with E-state index in [1.165, 1.54) is 37.7 Å². The molecule has 0 heterocycles. The molecular formula is C16H31N. The molecule has 1 N–H and O–H groups in total. The van der Waals surface area contributed by atoms with E-state index in [1.807, 2.05) is 0 Å². The van der Waals surface area contributed by atoms with Crippen LogP contribution in [0.1, 0.15) is 59.8 Å². The summed E-state index contributed by atoms with van der Waals surface area (Å²) < 4.78 is 0. The highest BCUT2D eigenvalue weighted by Gasteiger charge is 2.28. The topological polar surface area (TPSA) is 12.0 Å². The summed E-state index contributed by atoms with van der Waals surface area (Å²) in [7, 11) is 0. The lowest BCUT2D eigenvalue weighted by Gasteiger charge is -2.36. The maximum Gasteiger partial charge on any atom is 0.0302 e. The Morgan fingerprint density at radius 1 is 1.18 bits per heavy atom. The van der Waals surface area contributed by atoms with E-state index >= 15 is 0 Å². The molecule has 1 rings (SSSR count). The average molecular weight is 237 g/mol. The van der Waals surface area contributed by atoms with Crippen molar-refractivity contribution < 1.29 is 0 Å². The Morgan fingerprint density at radius 2 is 1.71 bits per heavy atom. The van der Waals surface area contributed by atoms with Gasteiger partial charge < -0.3 is 5.32 Å². The van der Waals surface area contributed by atoms with Crippen LogP contribution in [0.3, 0.4) is 0 Å². The molecule has 1 heteroatoms. The second kappa shape index (κ2) is 7.20. The van der Waals surface area contributed by atoms with Crippen LogP contribution in [0.2, 0.25) is 0 Å². The molecule has 1 unspecified atom stereocenters. The summed E-state index contributed by atoms with van der Waals surface area (Å²) in [5.74, 6) is 2.65. The van der Waals surface area contributed by atoms with E-state index in [4.69, 9.17) is 0 Å². The molecule has 17 heavy (non-hydrogen) atoms. The van der Waals surface area contributed by atoms with E-state index in [9.17, 15) is 0 Å². The van der Waals surface area contributed by atoms with Crippen LogP contribution in [0.15, 0.2) is 12.2 Å². The molecular weight excluding hydrogens is 206 g/mol. The highest BCUT2D eigenvalue weighted by Crippen LogP contribution is 2.35. The molecule has 0 aromatic heterocycles. The SMILES string of the molecule is C=C(C)C(NCCC)C1CCC(C(C)C)CC1. The Labute approximate surface area is 108 Å². The van der Waals surface area contributed by atoms with Gasteiger partial charge in [-0.05, 0) is 63.3 Å². The first kappa shape index (κ1) is 14.8. The van der Waals surface area contributed by atoms with E-state index in [0.717, 1.165) is 24.3 Å². The lowest BCUT2D eigenvalue weighted by Crippen LogP contribution is -2.39. The third kappa shape index (κ3) is 4.46. The van der Waals surface area contributed by atoms with Crippen LogP contribution in [0.5, 0.6) is 0 Å². The van der Waals surface area contributed by atoms with E-state index in [-0.39, 0.29) is 0 Å². The third-order valence-electron chi connectivity index (χ3n) is 4.38. The van der Waals surface area contributed by atoms with Crippen molar-refractivity contribution in [1.82, 2.24) is 5.32 Å². The summed E-state index contributed by atoms with van der Waals surface area (Å²) in [5, 5.41) is 3.68. The van der Waals surface area contributed by atoms with Gasteiger partial charge in [-0.1, -0.05) is 32.9 Å². The van der Waals surface area contributed by atoms with E-state index in [2.05, 4.69) is 39.6 Å². The second-order valence-electron chi connectivity index (χ2n) is 6.20. The van der Waals surface area contributed by atoms with Crippen molar-refractivity contribution in [3.8, 4) is 0 Å². The number of hydrogen-bond acceptors (Lipinski definition) is 1. The van der Waals surface area contributed by atoms with Crippen molar-refractivity contribution in [2.75, 3.05) is 6.54 Å². The third-order valence-corrected chi connectivity index (χ3v) is 4.38. The van der Waals surface area contributed by atoms with Crippen LogP contribution in [-0.4, -0.2) is 12.6 Å². The van der Waals surface area contributed by atoms with Crippen LogP contribution in [0.4, 0.5) is 0 Å². The summed E-state index contributed by atoms with van der Waals surface area (Å²) in [5.41, 5.74) is 1.33. The molecule has 0 radical (unpaired) electrons. The Bertz CT molecular complexity index is 224. The molecule has 1 atom stereocenters. The highest BCUT2D eigenvalue weighted by molar-refractivity contribution is 5.05. The fourth-order valence-electron chi connectivity index (χ4n) is 3.19. The van der Waals surface area contributed by atoms with Crippen molar-refractivity contribution >= 4 is 0 Å². The predicted molar refractivity (Wildman–Crippen MR) is 77.2 cm³/mol. The van der Waals surface area contributed by atoms with Gasteiger partial charge in [0.15, 0.2) is 0 Å². The Hall–Kier alpha value is -0.300. The van der Waals surface area contributed by atoms with Crippen LogP contribution in [0.25, 0.3) is 0 Å². The molecule has 0 aromatic carbocycles. The second-order valence-corrected chi connectivity index (χ2v) is 6.20. The molecule has 1 fully saturated rings. The van der Waals surface area contributed by atoms with Gasteiger partial charge in [0.1, 0.15) is 0 Å². The summed E-state index contributed by atoms with van der Waals surface area (Å²) >= 11 is 0. The Balaban J connectivity index is 2.46. The van der Waals surface area contributed by atoms with Gasteiger partial charge in [-0.25, -0.2) is 0 Å². The quantitative estimate of drug-likeness (QED) is 0.675. The molecule has 0 spiro atoms. The van der Waals surface area contributed by atoms with Gasteiger partial charge in [-0.15, -0.1) is 0 Å². The number of nitrogens with one attached hydrogen (secondary N) is 1. The molecule has 100 valence electrons. The van der Waals surface area contributed by atoms with Crippen LogP contribution >= 0.6 is 0 Å². The Morgan fingerprint density at radius 3 is 2.12 bits per heavy atom. The average Bonchev–Trinajstić information content (AvgIpc) is 2.29. The molecule has 0 aromatic rings. The largest absolute Gasteiger partial charge is 0.310 e. The van der Waals surface area contributed by atoms with E-state index in [1.54, 1.807) is 0 Å². The van der Waals surface area contributed by atoms with Crippen molar-refractivity contribution in [3.63, 3.8) is 0 Å². The standard InChI is InChI=1S/C16H31N/c1-6-11-17-16(13(4)5)15-9-7-14(8-10-15)12(2)3/h12,14-17H,4,6-11H2,1-3,5H3. The van der Waals surface area contributed by atoms with Gasteiger partial charge in [0, 0.05) is 6.04 Å². The van der Waals surface area contributed by atoms with Crippen molar-refractivity contribution in [2.45, 2.75) is 65.8 Å². The molecule has 1 aliphatic rings. The minimum atomic E-state index is 0.558. The molecule has 1 aliphatic carbocycles. The monoisotopic (exact) mass is 237 g/mol. The first-order chi connectivity index (χ1) is 8.06. The predicted octanol–water partition coefficient (Wildman–Crippen LogP) is 4.39. The van der Waals surface area contributed by atoms with Crippen molar-refractivity contribution in [3.05, 3.63) is 12.2 Å². The summed E-state index contributed by atoms with van der Waals surface area (Å²) in [6, 6.07) is 0.558. The summed E-state index contributed by atoms with van der Waals surface area (Å²) in [6.07, 6.45) is 6.82. The zero-order valence-corrected chi connectivity index (χ0v) is 12.3. The Kier molecular flexibility index (Phi) is 6.26. The first-order valence-electron chi connectivity index (χ1n) is 7.45. The molecule has 1 saturated carbocycles. The minimum absolute atomic E-state index is 0.558. The number of hydrogen-bond donors (Lipinski definition) is 1. The molecule has 0 amide bonds. The lowest BCUT2D eigenvalue weighted by molar-refractivity contribution is 0.199. The van der Waals surface area contributed by atoms with Gasteiger partial charge in [0.2, 0.25) is 0 Å². The molecule has 0 saturated heterocycles. The summed E-state index contributed by atoms with van der Waals surface area (Å²) in [6.45, 7) is 14.5. The van der Waals surface area contributed by atoms with Crippen LogP contribution < -0.4 is 5.32 Å². The van der Waals surface area contributed by atoms with Crippen molar-refractivity contribution in [2.24, 2.45) is 17.8 Å². The van der Waals surface area contributed by atoms with Gasteiger partial charge in [0.25, 0.3) is 0 Å². The lowest BCUT2D eigenvalue weighted by atomic mass is 9.73. The molecule has 0 aliphatic heterocycles. The zero-order valence-electron chi connectivity index (χ0n) is 12.3. The summed E-state index contributed by atoms with van der Waals surface area (Å²) in [4.78, 5) is 0. The van der Waals surface area contributed by atoms with Crippen LogP contribution in [0, 0.1) is 17.8 Å². The van der Waals surface area contributed by atoms with Gasteiger partial charge in [0.05, 0.1) is 0 Å². The van der Waals surface area contributed by atoms with Gasteiger partial charge in [-0.3, -0.25) is 0 Å². The fraction of sp³-hybridized carbons (Fsp3) is 0.875. The zero-order chi connectivity index (χ0) is 12.8. The highest BCUT2D eigenvalue weighted by atomic mass is 14.9. The maximum atomic E-state index is 4.18. The van der Waals surface area contributed by atoms with E-state index < -0.39 is 0 Å².